The van der Waals surface area contributed by atoms with Crippen LogP contribution in [-0.2, 0) is 4.79 Å². The molecule has 0 spiro atoms. The standard InChI is InChI=1S/C10H17ClN2O2/c1-10(5-3-2-4-6-10)13-9(15)12-8(14)7-11/h2-7H2,1H3,(H2,12,13,14,15). The van der Waals surface area contributed by atoms with Crippen molar-refractivity contribution in [2.24, 2.45) is 0 Å². The fourth-order valence-electron chi connectivity index (χ4n) is 1.92. The van der Waals surface area contributed by atoms with E-state index in [2.05, 4.69) is 10.6 Å². The zero-order valence-electron chi connectivity index (χ0n) is 8.94. The molecule has 1 fully saturated rings. The Labute approximate surface area is 94.7 Å². The average molecular weight is 233 g/mol. The third-order valence-electron chi connectivity index (χ3n) is 2.75. The van der Waals surface area contributed by atoms with Crippen molar-refractivity contribution in [2.75, 3.05) is 5.88 Å². The van der Waals surface area contributed by atoms with Crippen LogP contribution in [-0.4, -0.2) is 23.4 Å². The van der Waals surface area contributed by atoms with Crippen molar-refractivity contribution in [3.63, 3.8) is 0 Å². The van der Waals surface area contributed by atoms with Crippen LogP contribution < -0.4 is 10.6 Å². The summed E-state index contributed by atoms with van der Waals surface area (Å²) in [6.45, 7) is 2.01. The second-order valence-electron chi connectivity index (χ2n) is 4.26. The molecule has 1 rings (SSSR count). The topological polar surface area (TPSA) is 58.2 Å². The summed E-state index contributed by atoms with van der Waals surface area (Å²) < 4.78 is 0. The van der Waals surface area contributed by atoms with Gasteiger partial charge in [-0.2, -0.15) is 0 Å². The molecular weight excluding hydrogens is 216 g/mol. The Balaban J connectivity index is 2.38. The third kappa shape index (κ3) is 4.08. The molecule has 15 heavy (non-hydrogen) atoms. The van der Waals surface area contributed by atoms with Crippen LogP contribution in [0.4, 0.5) is 4.79 Å². The Bertz CT molecular complexity index is 250. The van der Waals surface area contributed by atoms with Crippen LogP contribution in [0.1, 0.15) is 39.0 Å². The molecule has 1 aliphatic rings. The summed E-state index contributed by atoms with van der Waals surface area (Å²) >= 11 is 5.28. The number of rotatable bonds is 2. The average Bonchev–Trinajstić information content (AvgIpc) is 2.17. The minimum atomic E-state index is -0.464. The van der Waals surface area contributed by atoms with Gasteiger partial charge in [0.05, 0.1) is 0 Å². The Kier molecular flexibility index (Phi) is 4.39. The summed E-state index contributed by atoms with van der Waals surface area (Å²) in [6, 6.07) is -0.440. The normalized spacial score (nSPS) is 19.3. The predicted octanol–water partition coefficient (Wildman–Crippen LogP) is 1.77. The fraction of sp³-hybridized carbons (Fsp3) is 0.800. The Morgan fingerprint density at radius 2 is 1.87 bits per heavy atom. The lowest BCUT2D eigenvalue weighted by Crippen LogP contribution is -2.52. The number of alkyl halides is 1. The first kappa shape index (κ1) is 12.3. The molecule has 0 aliphatic heterocycles. The number of imide groups is 1. The van der Waals surface area contributed by atoms with Crippen LogP contribution in [0.2, 0.25) is 0 Å². The summed E-state index contributed by atoms with van der Waals surface area (Å²) in [5, 5.41) is 5.01. The van der Waals surface area contributed by atoms with Crippen molar-refractivity contribution in [3.8, 4) is 0 Å². The smallest absolute Gasteiger partial charge is 0.321 e. The number of hydrogen-bond acceptors (Lipinski definition) is 2. The van der Waals surface area contributed by atoms with Crippen LogP contribution in [0.3, 0.4) is 0 Å². The lowest BCUT2D eigenvalue weighted by Gasteiger charge is -2.34. The predicted molar refractivity (Wildman–Crippen MR) is 58.9 cm³/mol. The second-order valence-corrected chi connectivity index (χ2v) is 4.52. The van der Waals surface area contributed by atoms with E-state index in [9.17, 15) is 9.59 Å². The first-order chi connectivity index (χ1) is 7.06. The molecule has 0 aromatic carbocycles. The maximum Gasteiger partial charge on any atom is 0.321 e. The van der Waals surface area contributed by atoms with Gasteiger partial charge in [0.2, 0.25) is 5.91 Å². The Hall–Kier alpha value is -0.770. The van der Waals surface area contributed by atoms with Gasteiger partial charge in [0, 0.05) is 5.54 Å². The Morgan fingerprint density at radius 1 is 1.27 bits per heavy atom. The molecule has 2 N–H and O–H groups in total. The van der Waals surface area contributed by atoms with Gasteiger partial charge in [0.1, 0.15) is 5.88 Å². The molecule has 1 aliphatic carbocycles. The molecule has 3 amide bonds. The summed E-state index contributed by atoms with van der Waals surface area (Å²) in [5.41, 5.74) is -0.172. The van der Waals surface area contributed by atoms with Crippen molar-refractivity contribution in [1.82, 2.24) is 10.6 Å². The largest absolute Gasteiger partial charge is 0.333 e. The van der Waals surface area contributed by atoms with Gasteiger partial charge >= 0.3 is 6.03 Å². The molecule has 5 heteroatoms. The van der Waals surface area contributed by atoms with Crippen molar-refractivity contribution in [3.05, 3.63) is 0 Å². The molecule has 0 unspecified atom stereocenters. The highest BCUT2D eigenvalue weighted by Gasteiger charge is 2.28. The van der Waals surface area contributed by atoms with E-state index in [0.29, 0.717) is 0 Å². The van der Waals surface area contributed by atoms with E-state index < -0.39 is 11.9 Å². The van der Waals surface area contributed by atoms with Gasteiger partial charge in [0.25, 0.3) is 0 Å². The number of carbonyl (C=O) groups is 2. The first-order valence-electron chi connectivity index (χ1n) is 5.24. The van der Waals surface area contributed by atoms with Crippen LogP contribution in [0.5, 0.6) is 0 Å². The molecule has 0 radical (unpaired) electrons. The molecule has 1 saturated carbocycles. The van der Waals surface area contributed by atoms with Gasteiger partial charge in [-0.25, -0.2) is 4.79 Å². The highest BCUT2D eigenvalue weighted by molar-refractivity contribution is 6.28. The van der Waals surface area contributed by atoms with E-state index in [0.717, 1.165) is 25.7 Å². The molecule has 0 heterocycles. The van der Waals surface area contributed by atoms with Gasteiger partial charge in [0.15, 0.2) is 0 Å². The number of urea groups is 1. The highest BCUT2D eigenvalue weighted by atomic mass is 35.5. The quantitative estimate of drug-likeness (QED) is 0.713. The van der Waals surface area contributed by atoms with E-state index in [4.69, 9.17) is 11.6 Å². The molecule has 0 aromatic rings. The summed E-state index contributed by atoms with van der Waals surface area (Å²) in [4.78, 5) is 22.2. The van der Waals surface area contributed by atoms with Gasteiger partial charge in [-0.1, -0.05) is 19.3 Å². The van der Waals surface area contributed by atoms with Gasteiger partial charge in [-0.3, -0.25) is 10.1 Å². The summed E-state index contributed by atoms with van der Waals surface area (Å²) in [6.07, 6.45) is 5.41. The number of amides is 3. The lowest BCUT2D eigenvalue weighted by atomic mass is 9.83. The van der Waals surface area contributed by atoms with Gasteiger partial charge in [-0.05, 0) is 19.8 Å². The fourth-order valence-corrected chi connectivity index (χ4v) is 1.99. The third-order valence-corrected chi connectivity index (χ3v) is 2.99. The van der Waals surface area contributed by atoms with E-state index in [-0.39, 0.29) is 11.4 Å². The van der Waals surface area contributed by atoms with E-state index in [1.807, 2.05) is 6.92 Å². The van der Waals surface area contributed by atoms with Crippen molar-refractivity contribution >= 4 is 23.5 Å². The zero-order valence-corrected chi connectivity index (χ0v) is 9.69. The van der Waals surface area contributed by atoms with Crippen molar-refractivity contribution in [2.45, 2.75) is 44.6 Å². The van der Waals surface area contributed by atoms with E-state index >= 15 is 0 Å². The number of nitrogens with one attached hydrogen (secondary N) is 2. The molecular formula is C10H17ClN2O2. The monoisotopic (exact) mass is 232 g/mol. The summed E-state index contributed by atoms with van der Waals surface area (Å²) in [5.74, 6) is -0.655. The molecule has 0 bridgehead atoms. The number of halogens is 1. The molecule has 0 aromatic heterocycles. The molecule has 4 nitrogen and oxygen atoms in total. The van der Waals surface area contributed by atoms with Crippen LogP contribution in [0.25, 0.3) is 0 Å². The molecule has 86 valence electrons. The second kappa shape index (κ2) is 5.35. The van der Waals surface area contributed by atoms with Crippen molar-refractivity contribution < 1.29 is 9.59 Å². The minimum absolute atomic E-state index is 0.172. The van der Waals surface area contributed by atoms with E-state index in [1.165, 1.54) is 6.42 Å². The van der Waals surface area contributed by atoms with Crippen LogP contribution in [0.15, 0.2) is 0 Å². The van der Waals surface area contributed by atoms with Gasteiger partial charge < -0.3 is 5.32 Å². The maximum atomic E-state index is 11.4. The van der Waals surface area contributed by atoms with Crippen LogP contribution in [0, 0.1) is 0 Å². The number of carbonyl (C=O) groups excluding carboxylic acids is 2. The number of hydrogen-bond donors (Lipinski definition) is 2. The Morgan fingerprint density at radius 3 is 2.40 bits per heavy atom. The first-order valence-corrected chi connectivity index (χ1v) is 5.77. The molecule has 0 saturated heterocycles. The lowest BCUT2D eigenvalue weighted by molar-refractivity contribution is -0.117. The van der Waals surface area contributed by atoms with Gasteiger partial charge in [-0.15, -0.1) is 11.6 Å². The maximum absolute atomic E-state index is 11.4. The zero-order chi connectivity index (χ0) is 11.3. The summed E-state index contributed by atoms with van der Waals surface area (Å²) in [7, 11) is 0. The van der Waals surface area contributed by atoms with Crippen molar-refractivity contribution in [1.29, 1.82) is 0 Å². The van der Waals surface area contributed by atoms with Crippen LogP contribution >= 0.6 is 11.6 Å². The highest BCUT2D eigenvalue weighted by Crippen LogP contribution is 2.27. The molecule has 0 atom stereocenters. The SMILES string of the molecule is CC1(NC(=O)NC(=O)CCl)CCCCC1. The minimum Gasteiger partial charge on any atom is -0.333 e. The van der Waals surface area contributed by atoms with E-state index in [1.54, 1.807) is 0 Å².